The molecular weight excluding hydrogens is 220 g/mol. The highest BCUT2D eigenvalue weighted by Gasteiger charge is 2.17. The standard InChI is InChI=1S/C13H18O2S/c1-3-4-8-12(13(14)15)16-11-7-5-6-10(2)9-11/h5-7,9,12H,3-4,8H2,1-2H3,(H,14,15). The number of carboxylic acids is 1. The zero-order valence-electron chi connectivity index (χ0n) is 9.77. The molecule has 0 heterocycles. The smallest absolute Gasteiger partial charge is 0.316 e. The molecule has 1 N–H and O–H groups in total. The third kappa shape index (κ3) is 4.27. The Hall–Kier alpha value is -0.960. The molecule has 1 aromatic rings. The van der Waals surface area contributed by atoms with Gasteiger partial charge in [0.25, 0.3) is 0 Å². The summed E-state index contributed by atoms with van der Waals surface area (Å²) in [5.74, 6) is -0.708. The third-order valence-electron chi connectivity index (χ3n) is 2.36. The van der Waals surface area contributed by atoms with Gasteiger partial charge in [0.15, 0.2) is 0 Å². The second kappa shape index (κ2) is 6.59. The number of unbranched alkanes of at least 4 members (excludes halogenated alkanes) is 1. The number of hydrogen-bond donors (Lipinski definition) is 1. The van der Waals surface area contributed by atoms with Gasteiger partial charge < -0.3 is 5.11 Å². The van der Waals surface area contributed by atoms with Crippen molar-refractivity contribution < 1.29 is 9.90 Å². The first-order valence-electron chi connectivity index (χ1n) is 5.59. The molecule has 3 heteroatoms. The highest BCUT2D eigenvalue weighted by molar-refractivity contribution is 8.00. The van der Waals surface area contributed by atoms with Crippen molar-refractivity contribution in [2.75, 3.05) is 0 Å². The minimum absolute atomic E-state index is 0.318. The number of carboxylic acid groups (broad SMARTS) is 1. The van der Waals surface area contributed by atoms with Crippen LogP contribution in [0.15, 0.2) is 29.2 Å². The summed E-state index contributed by atoms with van der Waals surface area (Å²) < 4.78 is 0. The minimum Gasteiger partial charge on any atom is -0.480 e. The van der Waals surface area contributed by atoms with Crippen molar-refractivity contribution in [3.63, 3.8) is 0 Å². The summed E-state index contributed by atoms with van der Waals surface area (Å²) in [6.07, 6.45) is 2.75. The number of rotatable bonds is 6. The van der Waals surface area contributed by atoms with Gasteiger partial charge in [-0.3, -0.25) is 4.79 Å². The van der Waals surface area contributed by atoms with Crippen molar-refractivity contribution in [1.82, 2.24) is 0 Å². The van der Waals surface area contributed by atoms with Crippen LogP contribution in [0.2, 0.25) is 0 Å². The van der Waals surface area contributed by atoms with Gasteiger partial charge in [-0.25, -0.2) is 0 Å². The van der Waals surface area contributed by atoms with Gasteiger partial charge in [0.1, 0.15) is 5.25 Å². The molecule has 0 aliphatic rings. The van der Waals surface area contributed by atoms with Gasteiger partial charge in [0.05, 0.1) is 0 Å². The maximum absolute atomic E-state index is 11.1. The van der Waals surface area contributed by atoms with E-state index in [4.69, 9.17) is 5.11 Å². The number of carbonyl (C=O) groups is 1. The Balaban J connectivity index is 2.64. The number of benzene rings is 1. The molecular formula is C13H18O2S. The number of hydrogen-bond acceptors (Lipinski definition) is 2. The summed E-state index contributed by atoms with van der Waals surface area (Å²) in [7, 11) is 0. The van der Waals surface area contributed by atoms with Gasteiger partial charge in [0, 0.05) is 4.90 Å². The Morgan fingerprint density at radius 1 is 1.50 bits per heavy atom. The van der Waals surface area contributed by atoms with Crippen molar-refractivity contribution in [1.29, 1.82) is 0 Å². The Labute approximate surface area is 101 Å². The molecule has 2 nitrogen and oxygen atoms in total. The van der Waals surface area contributed by atoms with E-state index in [9.17, 15) is 4.79 Å². The van der Waals surface area contributed by atoms with Crippen LogP contribution in [0.1, 0.15) is 31.7 Å². The summed E-state index contributed by atoms with van der Waals surface area (Å²) in [4.78, 5) is 12.1. The van der Waals surface area contributed by atoms with Gasteiger partial charge in [-0.15, -0.1) is 11.8 Å². The molecule has 0 bridgehead atoms. The summed E-state index contributed by atoms with van der Waals surface area (Å²) in [6, 6.07) is 7.99. The lowest BCUT2D eigenvalue weighted by molar-refractivity contribution is -0.136. The van der Waals surface area contributed by atoms with Gasteiger partial charge >= 0.3 is 5.97 Å². The van der Waals surface area contributed by atoms with Crippen LogP contribution in [0.3, 0.4) is 0 Å². The highest BCUT2D eigenvalue weighted by atomic mass is 32.2. The molecule has 0 saturated carbocycles. The zero-order chi connectivity index (χ0) is 12.0. The fourth-order valence-electron chi connectivity index (χ4n) is 1.48. The van der Waals surface area contributed by atoms with Crippen LogP contribution in [-0.4, -0.2) is 16.3 Å². The van der Waals surface area contributed by atoms with Crippen LogP contribution in [0.4, 0.5) is 0 Å². The normalized spacial score (nSPS) is 12.4. The largest absolute Gasteiger partial charge is 0.480 e. The first-order chi connectivity index (χ1) is 7.63. The fourth-order valence-corrected chi connectivity index (χ4v) is 2.60. The molecule has 0 aliphatic heterocycles. The second-order valence-electron chi connectivity index (χ2n) is 3.90. The minimum atomic E-state index is -0.708. The molecule has 16 heavy (non-hydrogen) atoms. The second-order valence-corrected chi connectivity index (χ2v) is 5.18. The summed E-state index contributed by atoms with van der Waals surface area (Å²) in [5.41, 5.74) is 1.17. The first kappa shape index (κ1) is 13.1. The van der Waals surface area contributed by atoms with Crippen molar-refractivity contribution in [3.8, 4) is 0 Å². The van der Waals surface area contributed by atoms with E-state index >= 15 is 0 Å². The number of thioether (sulfide) groups is 1. The quantitative estimate of drug-likeness (QED) is 0.767. The maximum Gasteiger partial charge on any atom is 0.316 e. The monoisotopic (exact) mass is 238 g/mol. The van der Waals surface area contributed by atoms with Crippen LogP contribution >= 0.6 is 11.8 Å². The SMILES string of the molecule is CCCCC(Sc1cccc(C)c1)C(=O)O. The first-order valence-corrected chi connectivity index (χ1v) is 6.47. The summed E-state index contributed by atoms with van der Waals surface area (Å²) in [6.45, 7) is 4.10. The fraction of sp³-hybridized carbons (Fsp3) is 0.462. The number of aliphatic carboxylic acids is 1. The molecule has 1 atom stereocenters. The molecule has 0 amide bonds. The zero-order valence-corrected chi connectivity index (χ0v) is 10.6. The van der Waals surface area contributed by atoms with E-state index < -0.39 is 5.97 Å². The topological polar surface area (TPSA) is 37.3 Å². The Morgan fingerprint density at radius 2 is 2.25 bits per heavy atom. The van der Waals surface area contributed by atoms with Crippen LogP contribution in [0, 0.1) is 6.92 Å². The van der Waals surface area contributed by atoms with E-state index in [-0.39, 0.29) is 5.25 Å². The van der Waals surface area contributed by atoms with E-state index in [1.54, 1.807) is 0 Å². The van der Waals surface area contributed by atoms with E-state index in [2.05, 4.69) is 6.92 Å². The predicted molar refractivity (Wildman–Crippen MR) is 68.0 cm³/mol. The molecule has 0 aliphatic carbocycles. The van der Waals surface area contributed by atoms with Gasteiger partial charge in [0.2, 0.25) is 0 Å². The van der Waals surface area contributed by atoms with Crippen LogP contribution in [0.5, 0.6) is 0 Å². The Morgan fingerprint density at radius 3 is 2.81 bits per heavy atom. The molecule has 0 radical (unpaired) electrons. The lowest BCUT2D eigenvalue weighted by Gasteiger charge is -2.11. The van der Waals surface area contributed by atoms with E-state index in [0.717, 1.165) is 24.2 Å². The lowest BCUT2D eigenvalue weighted by Crippen LogP contribution is -2.15. The van der Waals surface area contributed by atoms with Gasteiger partial charge in [-0.05, 0) is 25.5 Å². The van der Waals surface area contributed by atoms with Crippen molar-refractivity contribution in [2.45, 2.75) is 43.3 Å². The van der Waals surface area contributed by atoms with E-state index in [0.29, 0.717) is 0 Å². The summed E-state index contributed by atoms with van der Waals surface area (Å²) >= 11 is 1.45. The average Bonchev–Trinajstić information content (AvgIpc) is 2.24. The number of aryl methyl sites for hydroxylation is 1. The highest BCUT2D eigenvalue weighted by Crippen LogP contribution is 2.27. The molecule has 0 fully saturated rings. The Kier molecular flexibility index (Phi) is 5.39. The molecule has 1 unspecified atom stereocenters. The van der Waals surface area contributed by atoms with Crippen LogP contribution in [-0.2, 0) is 4.79 Å². The lowest BCUT2D eigenvalue weighted by atomic mass is 10.2. The molecule has 0 aromatic heterocycles. The molecule has 1 aromatic carbocycles. The predicted octanol–water partition coefficient (Wildman–Crippen LogP) is 3.73. The average molecular weight is 238 g/mol. The van der Waals surface area contributed by atoms with Crippen molar-refractivity contribution >= 4 is 17.7 Å². The molecule has 88 valence electrons. The van der Waals surface area contributed by atoms with Gasteiger partial charge in [-0.1, -0.05) is 37.5 Å². The molecule has 0 saturated heterocycles. The van der Waals surface area contributed by atoms with E-state index in [1.807, 2.05) is 31.2 Å². The molecule has 0 spiro atoms. The summed E-state index contributed by atoms with van der Waals surface area (Å²) in [5, 5.41) is 8.79. The van der Waals surface area contributed by atoms with Crippen LogP contribution < -0.4 is 0 Å². The third-order valence-corrected chi connectivity index (χ3v) is 3.61. The van der Waals surface area contributed by atoms with Gasteiger partial charge in [-0.2, -0.15) is 0 Å². The molecule has 1 rings (SSSR count). The van der Waals surface area contributed by atoms with Crippen LogP contribution in [0.25, 0.3) is 0 Å². The van der Waals surface area contributed by atoms with E-state index in [1.165, 1.54) is 17.3 Å². The van der Waals surface area contributed by atoms with Crippen molar-refractivity contribution in [3.05, 3.63) is 29.8 Å². The Bertz CT molecular complexity index is 350. The van der Waals surface area contributed by atoms with Crippen molar-refractivity contribution in [2.24, 2.45) is 0 Å². The maximum atomic E-state index is 11.1.